The van der Waals surface area contributed by atoms with Crippen molar-refractivity contribution in [1.82, 2.24) is 0 Å². The van der Waals surface area contributed by atoms with Gasteiger partial charge in [0.05, 0.1) is 18.2 Å². The molecule has 1 rings (SSSR count). The van der Waals surface area contributed by atoms with E-state index in [1.54, 1.807) is 12.1 Å². The topological polar surface area (TPSA) is 70.0 Å². The molecule has 0 fully saturated rings. The Morgan fingerprint density at radius 3 is 2.79 bits per heavy atom. The molecule has 3 N–H and O–H groups in total. The maximum absolute atomic E-state index is 8.73. The first kappa shape index (κ1) is 12.9. The van der Waals surface area contributed by atoms with E-state index in [-0.39, 0.29) is 25.1 Å². The van der Waals surface area contributed by atoms with E-state index >= 15 is 0 Å². The van der Waals surface area contributed by atoms with Crippen molar-refractivity contribution < 1.29 is 5.11 Å². The van der Waals surface area contributed by atoms with Gasteiger partial charge < -0.3 is 10.8 Å². The van der Waals surface area contributed by atoms with Crippen LogP contribution in [-0.2, 0) is 6.42 Å². The van der Waals surface area contributed by atoms with Gasteiger partial charge in [-0.05, 0) is 24.1 Å². The molecule has 4 heteroatoms. The molecule has 0 saturated carbocycles. The van der Waals surface area contributed by atoms with Gasteiger partial charge in [-0.3, -0.25) is 0 Å². The fraction of sp³-hybridized carbons (Fsp3) is 0.300. The molecule has 14 heavy (non-hydrogen) atoms. The van der Waals surface area contributed by atoms with Crippen LogP contribution >= 0.6 is 12.4 Å². The molecule has 3 nitrogen and oxygen atoms in total. The normalized spacial score (nSPS) is 11.2. The number of nitrogens with two attached hydrogens (primary N) is 1. The monoisotopic (exact) mass is 212 g/mol. The zero-order valence-corrected chi connectivity index (χ0v) is 8.50. The molecule has 1 aromatic rings. The van der Waals surface area contributed by atoms with Crippen LogP contribution in [0.25, 0.3) is 0 Å². The van der Waals surface area contributed by atoms with Crippen LogP contribution in [0.15, 0.2) is 24.3 Å². The lowest BCUT2D eigenvalue weighted by atomic mass is 10.0. The Bertz CT molecular complexity index is 322. The summed E-state index contributed by atoms with van der Waals surface area (Å²) in [6, 6.07) is 9.06. The third kappa shape index (κ3) is 3.75. The molecular weight excluding hydrogens is 200 g/mol. The minimum absolute atomic E-state index is 0. The van der Waals surface area contributed by atoms with Gasteiger partial charge in [-0.15, -0.1) is 12.4 Å². The molecule has 76 valence electrons. The maximum Gasteiger partial charge on any atom is 0.0991 e. The molecule has 1 aromatic carbocycles. The number of aliphatic hydroxyl groups is 1. The molecule has 0 bridgehead atoms. The van der Waals surface area contributed by atoms with Gasteiger partial charge in [-0.1, -0.05) is 12.1 Å². The van der Waals surface area contributed by atoms with E-state index in [1.807, 2.05) is 12.1 Å². The molecule has 0 saturated heterocycles. The average molecular weight is 213 g/mol. The summed E-state index contributed by atoms with van der Waals surface area (Å²) < 4.78 is 0. The first-order valence-electron chi connectivity index (χ1n) is 4.11. The first-order chi connectivity index (χ1) is 6.26. The van der Waals surface area contributed by atoms with Gasteiger partial charge in [0, 0.05) is 6.04 Å². The van der Waals surface area contributed by atoms with E-state index in [0.717, 1.165) is 5.56 Å². The van der Waals surface area contributed by atoms with Gasteiger partial charge in [-0.25, -0.2) is 0 Å². The fourth-order valence-corrected chi connectivity index (χ4v) is 1.14. The zero-order valence-electron chi connectivity index (χ0n) is 7.68. The summed E-state index contributed by atoms with van der Waals surface area (Å²) in [5, 5.41) is 17.4. The van der Waals surface area contributed by atoms with Crippen molar-refractivity contribution in [3.63, 3.8) is 0 Å². The zero-order chi connectivity index (χ0) is 9.68. The minimum atomic E-state index is -0.242. The Kier molecular flexibility index (Phi) is 5.89. The average Bonchev–Trinajstić information content (AvgIpc) is 2.18. The molecule has 1 unspecified atom stereocenters. The fourth-order valence-electron chi connectivity index (χ4n) is 1.14. The van der Waals surface area contributed by atoms with Crippen LogP contribution in [0.4, 0.5) is 0 Å². The SMILES string of the molecule is Cl.N#Cc1cccc(CC(N)CO)c1. The molecule has 0 heterocycles. The molecule has 0 spiro atoms. The maximum atomic E-state index is 8.73. The lowest BCUT2D eigenvalue weighted by Gasteiger charge is -2.07. The predicted molar refractivity (Wildman–Crippen MR) is 57.2 cm³/mol. The number of hydrogen-bond donors (Lipinski definition) is 2. The Morgan fingerprint density at radius 1 is 1.50 bits per heavy atom. The lowest BCUT2D eigenvalue weighted by molar-refractivity contribution is 0.265. The van der Waals surface area contributed by atoms with Gasteiger partial charge in [0.1, 0.15) is 0 Å². The second-order valence-corrected chi connectivity index (χ2v) is 2.96. The van der Waals surface area contributed by atoms with Crippen LogP contribution in [-0.4, -0.2) is 17.8 Å². The number of rotatable bonds is 3. The van der Waals surface area contributed by atoms with Gasteiger partial charge in [0.25, 0.3) is 0 Å². The van der Waals surface area contributed by atoms with E-state index in [2.05, 4.69) is 6.07 Å². The summed E-state index contributed by atoms with van der Waals surface area (Å²) in [6.07, 6.45) is 0.603. The van der Waals surface area contributed by atoms with E-state index in [4.69, 9.17) is 16.1 Å². The molecule has 0 amide bonds. The summed E-state index contributed by atoms with van der Waals surface area (Å²) in [6.45, 7) is -0.0310. The van der Waals surface area contributed by atoms with Gasteiger partial charge in [0.2, 0.25) is 0 Å². The van der Waals surface area contributed by atoms with Crippen molar-refractivity contribution in [2.24, 2.45) is 5.73 Å². The highest BCUT2D eigenvalue weighted by Crippen LogP contribution is 2.05. The van der Waals surface area contributed by atoms with Crippen LogP contribution < -0.4 is 5.73 Å². The second kappa shape index (κ2) is 6.39. The van der Waals surface area contributed by atoms with Crippen molar-refractivity contribution in [1.29, 1.82) is 5.26 Å². The van der Waals surface area contributed by atoms with Crippen LogP contribution in [0.1, 0.15) is 11.1 Å². The third-order valence-corrected chi connectivity index (χ3v) is 1.79. The number of hydrogen-bond acceptors (Lipinski definition) is 3. The quantitative estimate of drug-likeness (QED) is 0.780. The lowest BCUT2D eigenvalue weighted by Crippen LogP contribution is -2.26. The summed E-state index contributed by atoms with van der Waals surface area (Å²) in [7, 11) is 0. The third-order valence-electron chi connectivity index (χ3n) is 1.79. The van der Waals surface area contributed by atoms with Crippen molar-refractivity contribution >= 4 is 12.4 Å². The van der Waals surface area contributed by atoms with Gasteiger partial charge in [0.15, 0.2) is 0 Å². The minimum Gasteiger partial charge on any atom is -0.395 e. The molecule has 0 radical (unpaired) electrons. The van der Waals surface area contributed by atoms with Crippen molar-refractivity contribution in [2.45, 2.75) is 12.5 Å². The van der Waals surface area contributed by atoms with Crippen LogP contribution in [0, 0.1) is 11.3 Å². The van der Waals surface area contributed by atoms with Crippen LogP contribution in [0.2, 0.25) is 0 Å². The van der Waals surface area contributed by atoms with Crippen LogP contribution in [0.3, 0.4) is 0 Å². The Balaban J connectivity index is 0.00000169. The van der Waals surface area contributed by atoms with Crippen molar-refractivity contribution in [3.8, 4) is 6.07 Å². The molecule has 1 atom stereocenters. The van der Waals surface area contributed by atoms with Gasteiger partial charge >= 0.3 is 0 Å². The van der Waals surface area contributed by atoms with E-state index in [0.29, 0.717) is 12.0 Å². The molecule has 0 aliphatic rings. The van der Waals surface area contributed by atoms with E-state index in [1.165, 1.54) is 0 Å². The highest BCUT2D eigenvalue weighted by molar-refractivity contribution is 5.85. The highest BCUT2D eigenvalue weighted by Gasteiger charge is 2.02. The Labute approximate surface area is 89.6 Å². The number of halogens is 1. The summed E-state index contributed by atoms with van der Waals surface area (Å²) >= 11 is 0. The van der Waals surface area contributed by atoms with Crippen LogP contribution in [0.5, 0.6) is 0 Å². The standard InChI is InChI=1S/C10H12N2O.ClH/c11-6-9-3-1-2-8(4-9)5-10(12)7-13;/h1-4,10,13H,5,7,12H2;1H. The van der Waals surface area contributed by atoms with Gasteiger partial charge in [-0.2, -0.15) is 5.26 Å². The second-order valence-electron chi connectivity index (χ2n) is 2.96. The van der Waals surface area contributed by atoms with E-state index in [9.17, 15) is 0 Å². The first-order valence-corrected chi connectivity index (χ1v) is 4.11. The van der Waals surface area contributed by atoms with Crippen molar-refractivity contribution in [3.05, 3.63) is 35.4 Å². The summed E-state index contributed by atoms with van der Waals surface area (Å²) in [5.41, 5.74) is 7.18. The Hall–Kier alpha value is -1.08. The van der Waals surface area contributed by atoms with Crippen molar-refractivity contribution in [2.75, 3.05) is 6.61 Å². The highest BCUT2D eigenvalue weighted by atomic mass is 35.5. The largest absolute Gasteiger partial charge is 0.395 e. The molecule has 0 aliphatic heterocycles. The molecular formula is C10H13ClN2O. The number of benzene rings is 1. The number of aliphatic hydroxyl groups excluding tert-OH is 1. The van der Waals surface area contributed by atoms with E-state index < -0.39 is 0 Å². The molecule has 0 aliphatic carbocycles. The predicted octanol–water partition coefficient (Wildman–Crippen LogP) is 0.842. The number of nitriles is 1. The summed E-state index contributed by atoms with van der Waals surface area (Å²) in [4.78, 5) is 0. The smallest absolute Gasteiger partial charge is 0.0991 e. The summed E-state index contributed by atoms with van der Waals surface area (Å²) in [5.74, 6) is 0. The number of nitrogens with zero attached hydrogens (tertiary/aromatic N) is 1. The molecule has 0 aromatic heterocycles. The Morgan fingerprint density at radius 2 is 2.21 bits per heavy atom.